The second-order valence-electron chi connectivity index (χ2n) is 13.0. The highest BCUT2D eigenvalue weighted by molar-refractivity contribution is 6.26. The molecule has 0 saturated heterocycles. The molecular weight excluding hydrogens is 564 g/mol. The number of fused-ring (bicyclic) bond motifs is 9. The van der Waals surface area contributed by atoms with Gasteiger partial charge < -0.3 is 9.30 Å². The Morgan fingerprint density at radius 2 is 1.48 bits per heavy atom. The van der Waals surface area contributed by atoms with E-state index in [2.05, 4.69) is 144 Å². The van der Waals surface area contributed by atoms with Gasteiger partial charge in [-0.1, -0.05) is 98.8 Å². The van der Waals surface area contributed by atoms with Crippen LogP contribution in [-0.4, -0.2) is 33.5 Å². The number of aliphatic imine (C=N–C) groups is 2. The van der Waals surface area contributed by atoms with Crippen LogP contribution in [-0.2, 0) is 10.2 Å². The van der Waals surface area contributed by atoms with Gasteiger partial charge in [-0.2, -0.15) is 0 Å². The predicted molar refractivity (Wildman–Crippen MR) is 187 cm³/mol. The largest absolute Gasteiger partial charge is 0.498 e. The molecule has 5 aromatic carbocycles. The van der Waals surface area contributed by atoms with Crippen molar-refractivity contribution in [3.8, 4) is 16.8 Å². The van der Waals surface area contributed by atoms with Crippen molar-refractivity contribution in [2.45, 2.75) is 25.3 Å². The van der Waals surface area contributed by atoms with Gasteiger partial charge in [-0.3, -0.25) is 4.57 Å². The summed E-state index contributed by atoms with van der Waals surface area (Å²) in [4.78, 5) is 10.8. The van der Waals surface area contributed by atoms with E-state index in [9.17, 15) is 0 Å². The Labute approximate surface area is 266 Å². The molecule has 5 nitrogen and oxygen atoms in total. The van der Waals surface area contributed by atoms with Crippen LogP contribution in [0.1, 0.15) is 30.5 Å². The van der Waals surface area contributed by atoms with Crippen molar-refractivity contribution < 1.29 is 4.74 Å². The summed E-state index contributed by atoms with van der Waals surface area (Å²) in [6, 6.07) is 41.1. The zero-order valence-corrected chi connectivity index (χ0v) is 25.6. The van der Waals surface area contributed by atoms with E-state index in [1.165, 1.54) is 33.0 Å². The third-order valence-electron chi connectivity index (χ3n) is 10.2. The number of hydrogen-bond acceptors (Lipinski definition) is 3. The summed E-state index contributed by atoms with van der Waals surface area (Å²) in [5.41, 5.74) is 12.7. The lowest BCUT2D eigenvalue weighted by molar-refractivity contribution is 0.270. The molecular formula is C41H30N4O. The van der Waals surface area contributed by atoms with Crippen molar-refractivity contribution in [1.82, 2.24) is 9.13 Å². The van der Waals surface area contributed by atoms with Crippen LogP contribution in [0.3, 0.4) is 0 Å². The van der Waals surface area contributed by atoms with Gasteiger partial charge in [-0.15, -0.1) is 0 Å². The number of benzene rings is 5. The molecule has 0 saturated carbocycles. The standard InChI is InChI=1S/C41H30N4O/c1-41(2)33-17-8-6-13-26(33)28-15-10-16-31(37(28)41)38-32-23-46-24-34(32)42-40(43-38)45-36-18-9-7-14-27(36)29-19-20-35-30(39(29)45)21-22-44(35)25-11-4-3-5-12-25/h3-23,34H,24H2,1-2H3. The Kier molecular flexibility index (Phi) is 5.11. The Morgan fingerprint density at radius 1 is 0.696 bits per heavy atom. The number of nitrogens with zero attached hydrogens (tertiary/aromatic N) is 4. The average molecular weight is 595 g/mol. The Bertz CT molecular complexity index is 2510. The molecule has 1 unspecified atom stereocenters. The summed E-state index contributed by atoms with van der Waals surface area (Å²) in [7, 11) is 0. The summed E-state index contributed by atoms with van der Waals surface area (Å²) >= 11 is 0. The molecule has 0 radical (unpaired) electrons. The molecule has 0 spiro atoms. The molecule has 2 aromatic heterocycles. The van der Waals surface area contributed by atoms with E-state index in [0.29, 0.717) is 12.6 Å². The molecule has 2 aliphatic heterocycles. The Hall–Kier alpha value is -5.68. The van der Waals surface area contributed by atoms with Crippen LogP contribution in [0, 0.1) is 0 Å². The highest BCUT2D eigenvalue weighted by Gasteiger charge is 2.40. The van der Waals surface area contributed by atoms with Gasteiger partial charge in [-0.05, 0) is 52.6 Å². The number of hydrogen-bond donors (Lipinski definition) is 0. The fraction of sp³-hybridized carbons (Fsp3) is 0.122. The van der Waals surface area contributed by atoms with Crippen molar-refractivity contribution in [3.05, 3.63) is 150 Å². The monoisotopic (exact) mass is 594 g/mol. The first-order valence-electron chi connectivity index (χ1n) is 15.9. The smallest absolute Gasteiger partial charge is 0.231 e. The van der Waals surface area contributed by atoms with Gasteiger partial charge in [0.2, 0.25) is 5.96 Å². The quantitative estimate of drug-likeness (QED) is 0.197. The number of aromatic nitrogens is 2. The van der Waals surface area contributed by atoms with Gasteiger partial charge in [0.25, 0.3) is 0 Å². The van der Waals surface area contributed by atoms with Crippen LogP contribution in [0.25, 0.3) is 49.5 Å². The van der Waals surface area contributed by atoms with E-state index < -0.39 is 0 Å². The van der Waals surface area contributed by atoms with Gasteiger partial charge in [0.15, 0.2) is 0 Å². The summed E-state index contributed by atoms with van der Waals surface area (Å²) in [6.45, 7) is 5.17. The SMILES string of the molecule is CC1(C)c2ccccc2-c2cccc(C3=NC(n4c5ccccc5c5ccc6c(ccn6-c6ccccc6)c54)=NC4COC=C34)c21. The molecule has 0 N–H and O–H groups in total. The molecule has 1 aliphatic carbocycles. The highest BCUT2D eigenvalue weighted by atomic mass is 16.5. The highest BCUT2D eigenvalue weighted by Crippen LogP contribution is 2.50. The van der Waals surface area contributed by atoms with Crippen LogP contribution < -0.4 is 0 Å². The number of rotatable bonds is 2. The van der Waals surface area contributed by atoms with E-state index in [1.54, 1.807) is 0 Å². The number of ether oxygens (including phenoxy) is 1. The van der Waals surface area contributed by atoms with Crippen molar-refractivity contribution >= 4 is 44.4 Å². The van der Waals surface area contributed by atoms with Gasteiger partial charge in [0.05, 0.1) is 28.5 Å². The maximum Gasteiger partial charge on any atom is 0.231 e. The van der Waals surface area contributed by atoms with Gasteiger partial charge in [0.1, 0.15) is 12.6 Å². The van der Waals surface area contributed by atoms with E-state index >= 15 is 0 Å². The van der Waals surface area contributed by atoms with Gasteiger partial charge >= 0.3 is 0 Å². The first-order valence-corrected chi connectivity index (χ1v) is 15.9. The van der Waals surface area contributed by atoms with Crippen LogP contribution in [0.5, 0.6) is 0 Å². The second-order valence-corrected chi connectivity index (χ2v) is 13.0. The summed E-state index contributed by atoms with van der Waals surface area (Å²) < 4.78 is 10.5. The van der Waals surface area contributed by atoms with E-state index in [-0.39, 0.29) is 11.5 Å². The van der Waals surface area contributed by atoms with Crippen molar-refractivity contribution in [1.29, 1.82) is 0 Å². The van der Waals surface area contributed by atoms with Crippen LogP contribution >= 0.6 is 0 Å². The molecule has 220 valence electrons. The van der Waals surface area contributed by atoms with Gasteiger partial charge in [0, 0.05) is 44.6 Å². The molecule has 7 aromatic rings. The van der Waals surface area contributed by atoms with Gasteiger partial charge in [-0.25, -0.2) is 9.98 Å². The zero-order chi connectivity index (χ0) is 30.6. The Balaban J connectivity index is 1.25. The van der Waals surface area contributed by atoms with E-state index in [1.807, 2.05) is 6.26 Å². The first kappa shape index (κ1) is 25.6. The second kappa shape index (κ2) is 9.18. The normalized spacial score (nSPS) is 17.8. The average Bonchev–Trinajstić information content (AvgIpc) is 3.87. The minimum atomic E-state index is -0.172. The fourth-order valence-corrected chi connectivity index (χ4v) is 8.12. The van der Waals surface area contributed by atoms with Crippen molar-refractivity contribution in [3.63, 3.8) is 0 Å². The first-order chi connectivity index (χ1) is 22.6. The molecule has 0 bridgehead atoms. The van der Waals surface area contributed by atoms with Crippen LogP contribution in [0.2, 0.25) is 0 Å². The lowest BCUT2D eigenvalue weighted by Gasteiger charge is -2.27. The summed E-state index contributed by atoms with van der Waals surface area (Å²) in [6.07, 6.45) is 4.04. The molecule has 4 heterocycles. The predicted octanol–water partition coefficient (Wildman–Crippen LogP) is 9.03. The molecule has 5 heteroatoms. The fourth-order valence-electron chi connectivity index (χ4n) is 8.12. The zero-order valence-electron chi connectivity index (χ0n) is 25.6. The van der Waals surface area contributed by atoms with E-state index in [0.717, 1.165) is 44.5 Å². The summed E-state index contributed by atoms with van der Waals surface area (Å²) in [5, 5.41) is 3.54. The maximum atomic E-state index is 5.98. The Morgan fingerprint density at radius 3 is 2.39 bits per heavy atom. The van der Waals surface area contributed by atoms with Crippen LogP contribution in [0.4, 0.5) is 0 Å². The maximum absolute atomic E-state index is 5.98. The molecule has 10 rings (SSSR count). The molecule has 0 amide bonds. The molecule has 0 fully saturated rings. The molecule has 46 heavy (non-hydrogen) atoms. The third kappa shape index (κ3) is 3.34. The number of para-hydroxylation sites is 2. The van der Waals surface area contributed by atoms with Crippen molar-refractivity contribution in [2.24, 2.45) is 9.98 Å². The topological polar surface area (TPSA) is 43.8 Å². The van der Waals surface area contributed by atoms with Crippen LogP contribution in [0.15, 0.2) is 143 Å². The van der Waals surface area contributed by atoms with Crippen molar-refractivity contribution in [2.75, 3.05) is 6.61 Å². The minimum Gasteiger partial charge on any atom is -0.498 e. The lowest BCUT2D eigenvalue weighted by Crippen LogP contribution is -2.29. The molecule has 3 aliphatic rings. The van der Waals surface area contributed by atoms with E-state index in [4.69, 9.17) is 14.7 Å². The summed E-state index contributed by atoms with van der Waals surface area (Å²) in [5.74, 6) is 0.694. The minimum absolute atomic E-state index is 0.130. The molecule has 1 atom stereocenters. The lowest BCUT2D eigenvalue weighted by atomic mass is 9.78. The third-order valence-corrected chi connectivity index (χ3v) is 10.2.